The molecule has 1 saturated heterocycles. The highest BCUT2D eigenvalue weighted by Crippen LogP contribution is 2.36. The minimum Gasteiger partial charge on any atom is -0.481 e. The van der Waals surface area contributed by atoms with Crippen molar-refractivity contribution in [1.82, 2.24) is 4.90 Å². The Labute approximate surface area is 182 Å². The molecule has 0 bridgehead atoms. The number of carbonyl (C=O) groups excluding carboxylic acids is 2. The second-order valence-electron chi connectivity index (χ2n) is 5.83. The van der Waals surface area contributed by atoms with Gasteiger partial charge in [0.15, 0.2) is 6.61 Å². The van der Waals surface area contributed by atoms with Crippen LogP contribution in [0.5, 0.6) is 5.75 Å². The van der Waals surface area contributed by atoms with Crippen molar-refractivity contribution in [3.05, 3.63) is 67.7 Å². The van der Waals surface area contributed by atoms with E-state index in [1.54, 1.807) is 18.2 Å². The molecule has 1 N–H and O–H groups in total. The van der Waals surface area contributed by atoms with Crippen LogP contribution in [0.1, 0.15) is 11.1 Å². The first kappa shape index (κ1) is 21.4. The fourth-order valence-corrected chi connectivity index (χ4v) is 3.95. The maximum Gasteiger partial charge on any atom is 0.341 e. The third kappa shape index (κ3) is 4.98. The molecule has 2 aromatic rings. The van der Waals surface area contributed by atoms with E-state index >= 15 is 0 Å². The van der Waals surface area contributed by atoms with Gasteiger partial charge in [-0.2, -0.15) is 0 Å². The van der Waals surface area contributed by atoms with Gasteiger partial charge in [0.1, 0.15) is 11.6 Å². The highest BCUT2D eigenvalue weighted by molar-refractivity contribution is 9.10. The standard InChI is InChI=1S/C19H12BrClFNO5S/c20-11-4-5-15(28-9-17(24)25)10(6-11)7-16-18(26)23(19(27)29-16)8-12-13(21)2-1-3-14(12)22/h1-7H,8-9H2,(H,24,25)/b16-7+. The zero-order valence-electron chi connectivity index (χ0n) is 14.5. The van der Waals surface area contributed by atoms with Crippen molar-refractivity contribution in [1.29, 1.82) is 0 Å². The first-order chi connectivity index (χ1) is 13.8. The Morgan fingerprint density at radius 2 is 2.07 bits per heavy atom. The van der Waals surface area contributed by atoms with Gasteiger partial charge in [0.05, 0.1) is 11.4 Å². The highest BCUT2D eigenvalue weighted by atomic mass is 79.9. The van der Waals surface area contributed by atoms with E-state index in [9.17, 15) is 18.8 Å². The monoisotopic (exact) mass is 499 g/mol. The van der Waals surface area contributed by atoms with Gasteiger partial charge in [-0.15, -0.1) is 0 Å². The van der Waals surface area contributed by atoms with E-state index in [4.69, 9.17) is 21.4 Å². The van der Waals surface area contributed by atoms with Crippen molar-refractivity contribution >= 4 is 62.5 Å². The molecule has 0 saturated carbocycles. The van der Waals surface area contributed by atoms with E-state index in [2.05, 4.69) is 15.9 Å². The van der Waals surface area contributed by atoms with Gasteiger partial charge in [-0.25, -0.2) is 9.18 Å². The summed E-state index contributed by atoms with van der Waals surface area (Å²) >= 11 is 9.98. The topological polar surface area (TPSA) is 83.9 Å². The summed E-state index contributed by atoms with van der Waals surface area (Å²) in [4.78, 5) is 36.8. The fourth-order valence-electron chi connectivity index (χ4n) is 2.52. The quantitative estimate of drug-likeness (QED) is 0.566. The van der Waals surface area contributed by atoms with Gasteiger partial charge in [-0.3, -0.25) is 14.5 Å². The van der Waals surface area contributed by atoms with Crippen LogP contribution in [0, 0.1) is 5.82 Å². The van der Waals surface area contributed by atoms with Crippen LogP contribution in [-0.4, -0.2) is 33.7 Å². The molecule has 10 heteroatoms. The van der Waals surface area contributed by atoms with Crippen molar-refractivity contribution < 1.29 is 28.6 Å². The first-order valence-electron chi connectivity index (χ1n) is 8.08. The van der Waals surface area contributed by atoms with E-state index in [1.807, 2.05) is 0 Å². The fraction of sp³-hybridized carbons (Fsp3) is 0.105. The average Bonchev–Trinajstić information content (AvgIpc) is 2.91. The number of ether oxygens (including phenoxy) is 1. The van der Waals surface area contributed by atoms with Gasteiger partial charge in [0.25, 0.3) is 11.1 Å². The molecule has 3 rings (SSSR count). The lowest BCUT2D eigenvalue weighted by Crippen LogP contribution is -2.28. The van der Waals surface area contributed by atoms with Crippen LogP contribution in [0.2, 0.25) is 5.02 Å². The molecule has 1 aliphatic rings. The maximum absolute atomic E-state index is 14.0. The molecule has 0 radical (unpaired) electrons. The molecule has 0 unspecified atom stereocenters. The SMILES string of the molecule is O=C(O)COc1ccc(Br)cc1/C=C1/SC(=O)N(Cc2c(F)cccc2Cl)C1=O. The molecule has 0 aromatic heterocycles. The molecule has 0 spiro atoms. The van der Waals surface area contributed by atoms with Crippen LogP contribution in [-0.2, 0) is 16.1 Å². The van der Waals surface area contributed by atoms with Crippen LogP contribution in [0.3, 0.4) is 0 Å². The number of hydrogen-bond acceptors (Lipinski definition) is 5. The molecule has 0 aliphatic carbocycles. The summed E-state index contributed by atoms with van der Waals surface area (Å²) < 4.78 is 19.9. The smallest absolute Gasteiger partial charge is 0.341 e. The number of carboxylic acid groups (broad SMARTS) is 1. The lowest BCUT2D eigenvalue weighted by Gasteiger charge is -2.14. The van der Waals surface area contributed by atoms with Crippen LogP contribution >= 0.6 is 39.3 Å². The average molecular weight is 501 g/mol. The number of carboxylic acids is 1. The second-order valence-corrected chi connectivity index (χ2v) is 8.15. The molecular weight excluding hydrogens is 489 g/mol. The summed E-state index contributed by atoms with van der Waals surface area (Å²) in [6.07, 6.45) is 1.43. The summed E-state index contributed by atoms with van der Waals surface area (Å²) in [5, 5.41) is 8.35. The number of rotatable bonds is 6. The van der Waals surface area contributed by atoms with Gasteiger partial charge in [-0.05, 0) is 48.2 Å². The molecular formula is C19H12BrClFNO5S. The summed E-state index contributed by atoms with van der Waals surface area (Å²) in [6.45, 7) is -0.857. The second kappa shape index (κ2) is 8.98. The van der Waals surface area contributed by atoms with Crippen LogP contribution in [0.4, 0.5) is 9.18 Å². The Morgan fingerprint density at radius 3 is 2.76 bits per heavy atom. The lowest BCUT2D eigenvalue weighted by molar-refractivity contribution is -0.139. The molecule has 29 heavy (non-hydrogen) atoms. The number of thioether (sulfide) groups is 1. The van der Waals surface area contributed by atoms with Gasteiger partial charge in [0, 0.05) is 20.6 Å². The number of imide groups is 1. The molecule has 2 aromatic carbocycles. The van der Waals surface area contributed by atoms with Crippen molar-refractivity contribution in [2.45, 2.75) is 6.54 Å². The first-order valence-corrected chi connectivity index (χ1v) is 10.1. The summed E-state index contributed by atoms with van der Waals surface area (Å²) in [6, 6.07) is 8.93. The number of amides is 2. The van der Waals surface area contributed by atoms with E-state index in [-0.39, 0.29) is 27.8 Å². The number of halogens is 3. The van der Waals surface area contributed by atoms with Crippen LogP contribution in [0.15, 0.2) is 45.8 Å². The Bertz CT molecular complexity index is 1030. The zero-order valence-corrected chi connectivity index (χ0v) is 17.7. The Morgan fingerprint density at radius 1 is 1.31 bits per heavy atom. The Hall–Kier alpha value is -2.36. The van der Waals surface area contributed by atoms with Gasteiger partial charge >= 0.3 is 5.97 Å². The number of aliphatic carboxylic acids is 1. The van der Waals surface area contributed by atoms with Gasteiger partial charge in [-0.1, -0.05) is 33.6 Å². The minimum absolute atomic E-state index is 0.0469. The number of hydrogen-bond donors (Lipinski definition) is 1. The van der Waals surface area contributed by atoms with Crippen LogP contribution in [0.25, 0.3) is 6.08 Å². The molecule has 150 valence electrons. The predicted octanol–water partition coefficient (Wildman–Crippen LogP) is 4.94. The van der Waals surface area contributed by atoms with Gasteiger partial charge in [0.2, 0.25) is 0 Å². The summed E-state index contributed by atoms with van der Waals surface area (Å²) in [5.74, 6) is -2.14. The molecule has 1 heterocycles. The third-order valence-corrected chi connectivity index (χ3v) is 5.62. The van der Waals surface area contributed by atoms with Crippen molar-refractivity contribution in [2.75, 3.05) is 6.61 Å². The number of benzene rings is 2. The van der Waals surface area contributed by atoms with Crippen molar-refractivity contribution in [2.24, 2.45) is 0 Å². The molecule has 6 nitrogen and oxygen atoms in total. The lowest BCUT2D eigenvalue weighted by atomic mass is 10.1. The maximum atomic E-state index is 14.0. The van der Waals surface area contributed by atoms with E-state index in [0.29, 0.717) is 21.8 Å². The Balaban J connectivity index is 1.89. The van der Waals surface area contributed by atoms with E-state index < -0.39 is 29.5 Å². The molecule has 1 aliphatic heterocycles. The largest absolute Gasteiger partial charge is 0.481 e. The third-order valence-electron chi connectivity index (χ3n) is 3.86. The summed E-state index contributed by atoms with van der Waals surface area (Å²) in [7, 11) is 0. The normalized spacial score (nSPS) is 15.3. The number of carbonyl (C=O) groups is 3. The zero-order chi connectivity index (χ0) is 21.1. The van der Waals surface area contributed by atoms with E-state index in [1.165, 1.54) is 24.3 Å². The molecule has 2 amide bonds. The molecule has 0 atom stereocenters. The van der Waals surface area contributed by atoms with Crippen molar-refractivity contribution in [3.8, 4) is 5.75 Å². The van der Waals surface area contributed by atoms with Crippen LogP contribution < -0.4 is 4.74 Å². The molecule has 1 fully saturated rings. The Kier molecular flexibility index (Phi) is 6.61. The van der Waals surface area contributed by atoms with Crippen molar-refractivity contribution in [3.63, 3.8) is 0 Å². The summed E-state index contributed by atoms with van der Waals surface area (Å²) in [5.41, 5.74) is 0.459. The van der Waals surface area contributed by atoms with E-state index in [0.717, 1.165) is 4.90 Å². The predicted molar refractivity (Wildman–Crippen MR) is 110 cm³/mol. The number of nitrogens with zero attached hydrogens (tertiary/aromatic N) is 1. The van der Waals surface area contributed by atoms with Gasteiger partial charge < -0.3 is 9.84 Å². The minimum atomic E-state index is -1.15. The highest BCUT2D eigenvalue weighted by Gasteiger charge is 2.36.